The summed E-state index contributed by atoms with van der Waals surface area (Å²) in [6, 6.07) is 9.98. The third-order valence-corrected chi connectivity index (χ3v) is 4.87. The van der Waals surface area contributed by atoms with Crippen LogP contribution in [0.1, 0.15) is 25.0 Å². The van der Waals surface area contributed by atoms with E-state index in [0.717, 1.165) is 5.56 Å². The van der Waals surface area contributed by atoms with E-state index in [-0.39, 0.29) is 29.9 Å². The molecule has 2 aliphatic heterocycles. The van der Waals surface area contributed by atoms with Crippen LogP contribution in [0.3, 0.4) is 0 Å². The molecule has 6 heteroatoms. The summed E-state index contributed by atoms with van der Waals surface area (Å²) in [4.78, 5) is 28.6. The lowest BCUT2D eigenvalue weighted by atomic mass is 10.0. The van der Waals surface area contributed by atoms with Crippen LogP contribution in [0.25, 0.3) is 0 Å². The zero-order chi connectivity index (χ0) is 17.8. The van der Waals surface area contributed by atoms with E-state index in [1.54, 1.807) is 12.0 Å². The predicted octanol–water partition coefficient (Wildman–Crippen LogP) is 1.47. The van der Waals surface area contributed by atoms with Crippen molar-refractivity contribution in [1.82, 2.24) is 9.80 Å². The van der Waals surface area contributed by atoms with E-state index < -0.39 is 0 Å². The summed E-state index contributed by atoms with van der Waals surface area (Å²) in [5.74, 6) is -0.160. The van der Waals surface area contributed by atoms with E-state index in [2.05, 4.69) is 0 Å². The van der Waals surface area contributed by atoms with E-state index >= 15 is 0 Å². The number of ether oxygens (including phenoxy) is 2. The Bertz CT molecular complexity index is 607. The van der Waals surface area contributed by atoms with Crippen molar-refractivity contribution in [3.8, 4) is 0 Å². The van der Waals surface area contributed by atoms with Gasteiger partial charge in [0.2, 0.25) is 11.8 Å². The van der Waals surface area contributed by atoms with Crippen molar-refractivity contribution in [2.45, 2.75) is 25.6 Å². The SMILES string of the molecule is COCCN1C[C@H](C(=O)N2C[C@H](C)O[C@@H](c3ccccc3)C2)CC1=O. The van der Waals surface area contributed by atoms with Crippen LogP contribution < -0.4 is 0 Å². The van der Waals surface area contributed by atoms with Crippen LogP contribution in [0.2, 0.25) is 0 Å². The van der Waals surface area contributed by atoms with E-state index in [0.29, 0.717) is 39.2 Å². The lowest BCUT2D eigenvalue weighted by molar-refractivity contribution is -0.148. The van der Waals surface area contributed by atoms with E-state index in [4.69, 9.17) is 9.47 Å². The molecule has 2 saturated heterocycles. The number of morpholine rings is 1. The van der Waals surface area contributed by atoms with Gasteiger partial charge in [0, 0.05) is 33.2 Å². The Morgan fingerprint density at radius 1 is 1.24 bits per heavy atom. The van der Waals surface area contributed by atoms with Crippen molar-refractivity contribution in [3.63, 3.8) is 0 Å². The Balaban J connectivity index is 1.64. The Morgan fingerprint density at radius 2 is 2.00 bits per heavy atom. The van der Waals surface area contributed by atoms with Crippen LogP contribution >= 0.6 is 0 Å². The second-order valence-electron chi connectivity index (χ2n) is 6.82. The van der Waals surface area contributed by atoms with Crippen LogP contribution in [0.5, 0.6) is 0 Å². The normalized spacial score (nSPS) is 27.0. The summed E-state index contributed by atoms with van der Waals surface area (Å²) in [7, 11) is 1.61. The second kappa shape index (κ2) is 7.97. The standard InChI is InChI=1S/C19H26N2O4/c1-14-11-21(13-17(25-14)15-6-4-3-5-7-15)19(23)16-10-18(22)20(12-16)8-9-24-2/h3-7,14,16-17H,8-13H2,1-2H3/t14-,16+,17+/m0/s1. The maximum Gasteiger partial charge on any atom is 0.228 e. The molecule has 3 rings (SSSR count). The first-order valence-corrected chi connectivity index (χ1v) is 8.84. The molecule has 136 valence electrons. The fourth-order valence-electron chi connectivity index (χ4n) is 3.60. The quantitative estimate of drug-likeness (QED) is 0.810. The molecule has 6 nitrogen and oxygen atoms in total. The second-order valence-corrected chi connectivity index (χ2v) is 6.82. The lowest BCUT2D eigenvalue weighted by Crippen LogP contribution is -2.48. The van der Waals surface area contributed by atoms with Crippen molar-refractivity contribution in [1.29, 1.82) is 0 Å². The van der Waals surface area contributed by atoms with Gasteiger partial charge in [0.25, 0.3) is 0 Å². The molecule has 0 spiro atoms. The van der Waals surface area contributed by atoms with Gasteiger partial charge in [0.05, 0.1) is 25.2 Å². The minimum absolute atomic E-state index is 0.0235. The molecule has 0 unspecified atom stereocenters. The molecule has 25 heavy (non-hydrogen) atoms. The number of benzene rings is 1. The first-order valence-electron chi connectivity index (χ1n) is 8.84. The van der Waals surface area contributed by atoms with Crippen molar-refractivity contribution < 1.29 is 19.1 Å². The van der Waals surface area contributed by atoms with Gasteiger partial charge in [-0.2, -0.15) is 0 Å². The summed E-state index contributed by atoms with van der Waals surface area (Å²) in [5, 5.41) is 0. The number of carbonyl (C=O) groups excluding carboxylic acids is 2. The van der Waals surface area contributed by atoms with E-state index in [1.807, 2.05) is 42.2 Å². The molecular weight excluding hydrogens is 320 g/mol. The van der Waals surface area contributed by atoms with Crippen LogP contribution in [0, 0.1) is 5.92 Å². The van der Waals surface area contributed by atoms with Gasteiger partial charge in [-0.05, 0) is 12.5 Å². The van der Waals surface area contributed by atoms with Gasteiger partial charge in [-0.1, -0.05) is 30.3 Å². The molecule has 2 aliphatic rings. The Hall–Kier alpha value is -1.92. The van der Waals surface area contributed by atoms with Crippen LogP contribution in [0.15, 0.2) is 30.3 Å². The summed E-state index contributed by atoms with van der Waals surface area (Å²) in [6.07, 6.45) is 0.157. The fraction of sp³-hybridized carbons (Fsp3) is 0.579. The van der Waals surface area contributed by atoms with Crippen LogP contribution in [0.4, 0.5) is 0 Å². The first-order chi connectivity index (χ1) is 12.1. The molecule has 1 aromatic carbocycles. The van der Waals surface area contributed by atoms with Gasteiger partial charge in [-0.25, -0.2) is 0 Å². The average molecular weight is 346 g/mol. The predicted molar refractivity (Wildman–Crippen MR) is 92.9 cm³/mol. The highest BCUT2D eigenvalue weighted by Gasteiger charge is 2.38. The van der Waals surface area contributed by atoms with Crippen LogP contribution in [-0.2, 0) is 19.1 Å². The number of carbonyl (C=O) groups is 2. The lowest BCUT2D eigenvalue weighted by Gasteiger charge is -2.38. The van der Waals surface area contributed by atoms with Gasteiger partial charge in [-0.3, -0.25) is 9.59 Å². The van der Waals surface area contributed by atoms with Crippen molar-refractivity contribution in [2.75, 3.05) is 39.9 Å². The number of rotatable bonds is 5. The van der Waals surface area contributed by atoms with Gasteiger partial charge < -0.3 is 19.3 Å². The summed E-state index contributed by atoms with van der Waals surface area (Å²) < 4.78 is 11.1. The van der Waals surface area contributed by atoms with Gasteiger partial charge >= 0.3 is 0 Å². The number of methoxy groups -OCH3 is 1. The molecule has 2 amide bonds. The molecule has 0 radical (unpaired) electrons. The smallest absolute Gasteiger partial charge is 0.228 e. The highest BCUT2D eigenvalue weighted by atomic mass is 16.5. The number of hydrogen-bond donors (Lipinski definition) is 0. The molecule has 0 N–H and O–H groups in total. The third kappa shape index (κ3) is 4.19. The highest BCUT2D eigenvalue weighted by Crippen LogP contribution is 2.28. The Labute approximate surface area is 148 Å². The zero-order valence-electron chi connectivity index (χ0n) is 14.9. The Morgan fingerprint density at radius 3 is 2.72 bits per heavy atom. The Kier molecular flexibility index (Phi) is 5.71. The third-order valence-electron chi connectivity index (χ3n) is 4.87. The van der Waals surface area contributed by atoms with Crippen molar-refractivity contribution in [2.24, 2.45) is 5.92 Å². The molecule has 0 aliphatic carbocycles. The van der Waals surface area contributed by atoms with Crippen molar-refractivity contribution >= 4 is 11.8 Å². The van der Waals surface area contributed by atoms with Gasteiger partial charge in [-0.15, -0.1) is 0 Å². The largest absolute Gasteiger partial charge is 0.383 e. The highest BCUT2D eigenvalue weighted by molar-refractivity contribution is 5.89. The average Bonchev–Trinajstić information content (AvgIpc) is 3.00. The van der Waals surface area contributed by atoms with E-state index in [9.17, 15) is 9.59 Å². The maximum atomic E-state index is 12.9. The molecule has 2 heterocycles. The zero-order valence-corrected chi connectivity index (χ0v) is 14.9. The summed E-state index contributed by atoms with van der Waals surface area (Å²) >= 11 is 0. The minimum atomic E-state index is -0.258. The maximum absolute atomic E-state index is 12.9. The summed E-state index contributed by atoms with van der Waals surface area (Å²) in [6.45, 7) is 4.63. The number of hydrogen-bond acceptors (Lipinski definition) is 4. The van der Waals surface area contributed by atoms with Crippen LogP contribution in [-0.4, -0.2) is 67.6 Å². The molecular formula is C19H26N2O4. The molecule has 0 bridgehead atoms. The summed E-state index contributed by atoms with van der Waals surface area (Å²) in [5.41, 5.74) is 1.08. The van der Waals surface area contributed by atoms with Gasteiger partial charge in [0.1, 0.15) is 6.10 Å². The van der Waals surface area contributed by atoms with Gasteiger partial charge in [0.15, 0.2) is 0 Å². The molecule has 3 atom stereocenters. The topological polar surface area (TPSA) is 59.1 Å². The van der Waals surface area contributed by atoms with E-state index in [1.165, 1.54) is 0 Å². The molecule has 0 aromatic heterocycles. The van der Waals surface area contributed by atoms with Crippen molar-refractivity contribution in [3.05, 3.63) is 35.9 Å². The minimum Gasteiger partial charge on any atom is -0.383 e. The molecule has 0 saturated carbocycles. The molecule has 2 fully saturated rings. The number of likely N-dealkylation sites (tertiary alicyclic amines) is 1. The number of amides is 2. The fourth-order valence-corrected chi connectivity index (χ4v) is 3.60. The monoisotopic (exact) mass is 346 g/mol. The molecule has 1 aromatic rings. The first kappa shape index (κ1) is 17.9. The number of nitrogens with zero attached hydrogens (tertiary/aromatic N) is 2.